The van der Waals surface area contributed by atoms with Crippen LogP contribution in [0, 0.1) is 23.2 Å². The molecule has 2 fully saturated rings. The molecule has 0 saturated carbocycles. The van der Waals surface area contributed by atoms with Gasteiger partial charge in [-0.1, -0.05) is 15.9 Å². The van der Waals surface area contributed by atoms with Gasteiger partial charge in [-0.15, -0.1) is 0 Å². The third-order valence-electron chi connectivity index (χ3n) is 4.32. The van der Waals surface area contributed by atoms with Gasteiger partial charge in [0.2, 0.25) is 0 Å². The first kappa shape index (κ1) is 12.0. The number of nitriles is 1. The van der Waals surface area contributed by atoms with Gasteiger partial charge >= 0.3 is 0 Å². The van der Waals surface area contributed by atoms with Crippen LogP contribution in [0.1, 0.15) is 12.5 Å². The Morgan fingerprint density at radius 1 is 1.44 bits per heavy atom. The van der Waals surface area contributed by atoms with E-state index in [9.17, 15) is 5.26 Å². The van der Waals surface area contributed by atoms with Gasteiger partial charge in [0.1, 0.15) is 6.07 Å². The molecule has 1 aromatic rings. The molecule has 3 unspecified atom stereocenters. The molecule has 0 radical (unpaired) electrons. The monoisotopic (exact) mass is 305 g/mol. The summed E-state index contributed by atoms with van der Waals surface area (Å²) in [6.07, 6.45) is 0. The Bertz CT molecular complexity index is 508. The van der Waals surface area contributed by atoms with Crippen molar-refractivity contribution >= 4 is 21.6 Å². The third kappa shape index (κ3) is 1.82. The summed E-state index contributed by atoms with van der Waals surface area (Å²) in [6, 6.07) is 8.82. The van der Waals surface area contributed by atoms with Gasteiger partial charge in [0, 0.05) is 30.1 Å². The molecule has 0 amide bonds. The first-order valence-corrected chi connectivity index (χ1v) is 7.17. The standard InChI is InChI=1S/C14H16BrN3/c1-9-13-7-17-6-11(13)8-18(9)14-3-2-12(15)4-10(14)5-16/h2-4,9,11,13,17H,6-8H2,1H3. The fourth-order valence-electron chi connectivity index (χ4n) is 3.33. The minimum atomic E-state index is 0.512. The molecule has 2 saturated heterocycles. The van der Waals surface area contributed by atoms with Crippen LogP contribution < -0.4 is 10.2 Å². The summed E-state index contributed by atoms with van der Waals surface area (Å²) in [7, 11) is 0. The Hall–Kier alpha value is -1.05. The lowest BCUT2D eigenvalue weighted by Gasteiger charge is -2.27. The van der Waals surface area contributed by atoms with Crippen molar-refractivity contribution in [3.8, 4) is 6.07 Å². The van der Waals surface area contributed by atoms with E-state index in [4.69, 9.17) is 0 Å². The van der Waals surface area contributed by atoms with Crippen LogP contribution in [-0.2, 0) is 0 Å². The normalized spacial score (nSPS) is 30.3. The fraction of sp³-hybridized carbons (Fsp3) is 0.500. The molecule has 4 heteroatoms. The second-order valence-electron chi connectivity index (χ2n) is 5.25. The van der Waals surface area contributed by atoms with Crippen LogP contribution in [-0.4, -0.2) is 25.7 Å². The molecule has 3 rings (SSSR count). The smallest absolute Gasteiger partial charge is 0.101 e. The highest BCUT2D eigenvalue weighted by Gasteiger charge is 2.42. The molecule has 0 aromatic heterocycles. The molecule has 18 heavy (non-hydrogen) atoms. The first-order chi connectivity index (χ1) is 8.70. The lowest BCUT2D eigenvalue weighted by Crippen LogP contribution is -2.33. The zero-order valence-corrected chi connectivity index (χ0v) is 11.9. The van der Waals surface area contributed by atoms with Gasteiger partial charge in [-0.05, 0) is 37.0 Å². The summed E-state index contributed by atoms with van der Waals surface area (Å²) >= 11 is 3.43. The summed E-state index contributed by atoms with van der Waals surface area (Å²) < 4.78 is 0.969. The molecule has 2 heterocycles. The maximum absolute atomic E-state index is 9.28. The largest absolute Gasteiger partial charge is 0.367 e. The highest BCUT2D eigenvalue weighted by atomic mass is 79.9. The number of rotatable bonds is 1. The summed E-state index contributed by atoms with van der Waals surface area (Å²) in [4.78, 5) is 2.40. The molecule has 0 spiro atoms. The van der Waals surface area contributed by atoms with Gasteiger partial charge < -0.3 is 10.2 Å². The Kier molecular flexibility index (Phi) is 3.04. The van der Waals surface area contributed by atoms with Crippen LogP contribution in [0.25, 0.3) is 0 Å². The number of halogens is 1. The quantitative estimate of drug-likeness (QED) is 0.866. The summed E-state index contributed by atoms with van der Waals surface area (Å²) in [6.45, 7) is 5.57. The molecule has 94 valence electrons. The maximum atomic E-state index is 9.28. The van der Waals surface area contributed by atoms with Crippen molar-refractivity contribution in [3.63, 3.8) is 0 Å². The molecular formula is C14H16BrN3. The van der Waals surface area contributed by atoms with Crippen molar-refractivity contribution in [2.24, 2.45) is 11.8 Å². The van der Waals surface area contributed by atoms with Crippen LogP contribution in [0.4, 0.5) is 5.69 Å². The van der Waals surface area contributed by atoms with Gasteiger partial charge in [-0.2, -0.15) is 5.26 Å². The van der Waals surface area contributed by atoms with E-state index >= 15 is 0 Å². The number of hydrogen-bond donors (Lipinski definition) is 1. The molecular weight excluding hydrogens is 290 g/mol. The van der Waals surface area contributed by atoms with Crippen molar-refractivity contribution < 1.29 is 0 Å². The number of benzene rings is 1. The topological polar surface area (TPSA) is 39.1 Å². The van der Waals surface area contributed by atoms with Crippen molar-refractivity contribution in [2.75, 3.05) is 24.5 Å². The minimum absolute atomic E-state index is 0.512. The number of fused-ring (bicyclic) bond motifs is 1. The molecule has 2 aliphatic heterocycles. The van der Waals surface area contributed by atoms with Crippen molar-refractivity contribution in [1.29, 1.82) is 5.26 Å². The maximum Gasteiger partial charge on any atom is 0.101 e. The molecule has 0 bridgehead atoms. The SMILES string of the molecule is CC1C2CNCC2CN1c1ccc(Br)cc1C#N. The van der Waals surface area contributed by atoms with Crippen LogP contribution in [0.15, 0.2) is 22.7 Å². The van der Waals surface area contributed by atoms with E-state index < -0.39 is 0 Å². The predicted molar refractivity (Wildman–Crippen MR) is 75.5 cm³/mol. The first-order valence-electron chi connectivity index (χ1n) is 6.37. The Morgan fingerprint density at radius 3 is 3.00 bits per heavy atom. The Morgan fingerprint density at radius 2 is 2.28 bits per heavy atom. The molecule has 2 aliphatic rings. The highest BCUT2D eigenvalue weighted by molar-refractivity contribution is 9.10. The molecule has 1 N–H and O–H groups in total. The zero-order valence-electron chi connectivity index (χ0n) is 10.4. The number of hydrogen-bond acceptors (Lipinski definition) is 3. The van der Waals surface area contributed by atoms with Crippen LogP contribution in [0.3, 0.4) is 0 Å². The molecule has 3 atom stereocenters. The Balaban J connectivity index is 1.94. The average molecular weight is 306 g/mol. The van der Waals surface area contributed by atoms with Crippen LogP contribution >= 0.6 is 15.9 Å². The third-order valence-corrected chi connectivity index (χ3v) is 4.82. The van der Waals surface area contributed by atoms with E-state index in [0.29, 0.717) is 6.04 Å². The van der Waals surface area contributed by atoms with Crippen LogP contribution in [0.5, 0.6) is 0 Å². The van der Waals surface area contributed by atoms with Crippen molar-refractivity contribution in [3.05, 3.63) is 28.2 Å². The summed E-state index contributed by atoms with van der Waals surface area (Å²) in [5.74, 6) is 1.45. The van der Waals surface area contributed by atoms with E-state index in [1.165, 1.54) is 0 Å². The fourth-order valence-corrected chi connectivity index (χ4v) is 3.69. The molecule has 1 aromatic carbocycles. The summed E-state index contributed by atoms with van der Waals surface area (Å²) in [5, 5.41) is 12.7. The van der Waals surface area contributed by atoms with Gasteiger partial charge in [0.25, 0.3) is 0 Å². The number of anilines is 1. The van der Waals surface area contributed by atoms with Gasteiger partial charge in [-0.3, -0.25) is 0 Å². The van der Waals surface area contributed by atoms with Crippen LogP contribution in [0.2, 0.25) is 0 Å². The van der Waals surface area contributed by atoms with E-state index in [0.717, 1.165) is 47.2 Å². The molecule has 3 nitrogen and oxygen atoms in total. The van der Waals surface area contributed by atoms with E-state index in [2.05, 4.69) is 45.2 Å². The highest BCUT2D eigenvalue weighted by Crippen LogP contribution is 2.37. The zero-order chi connectivity index (χ0) is 12.7. The second-order valence-corrected chi connectivity index (χ2v) is 6.16. The van der Waals surface area contributed by atoms with E-state index in [1.807, 2.05) is 12.1 Å². The minimum Gasteiger partial charge on any atom is -0.367 e. The lowest BCUT2D eigenvalue weighted by atomic mass is 9.95. The number of nitrogens with zero attached hydrogens (tertiary/aromatic N) is 2. The van der Waals surface area contributed by atoms with E-state index in [1.54, 1.807) is 0 Å². The van der Waals surface area contributed by atoms with E-state index in [-0.39, 0.29) is 0 Å². The molecule has 0 aliphatic carbocycles. The lowest BCUT2D eigenvalue weighted by molar-refractivity contribution is 0.471. The van der Waals surface area contributed by atoms with Gasteiger partial charge in [0.05, 0.1) is 11.3 Å². The van der Waals surface area contributed by atoms with Crippen molar-refractivity contribution in [1.82, 2.24) is 5.32 Å². The summed E-state index contributed by atoms with van der Waals surface area (Å²) in [5.41, 5.74) is 1.85. The average Bonchev–Trinajstić information content (AvgIpc) is 2.93. The predicted octanol–water partition coefficient (Wildman–Crippen LogP) is 2.36. The van der Waals surface area contributed by atoms with Gasteiger partial charge in [-0.25, -0.2) is 0 Å². The van der Waals surface area contributed by atoms with Crippen molar-refractivity contribution in [2.45, 2.75) is 13.0 Å². The van der Waals surface area contributed by atoms with Gasteiger partial charge in [0.15, 0.2) is 0 Å². The second kappa shape index (κ2) is 4.56. The Labute approximate surface area is 116 Å². The number of nitrogens with one attached hydrogen (secondary N) is 1.